The first-order valence-corrected chi connectivity index (χ1v) is 6.51. The SMILES string of the molecule is CCCCCCN1[C@H](CO)[C@H](O)[C@@H](O)[C@H]1CO. The van der Waals surface area contributed by atoms with E-state index in [9.17, 15) is 20.4 Å². The molecule has 0 aromatic rings. The summed E-state index contributed by atoms with van der Waals surface area (Å²) in [5, 5.41) is 38.0. The molecule has 0 bridgehead atoms. The molecule has 0 unspecified atom stereocenters. The zero-order chi connectivity index (χ0) is 12.8. The molecule has 1 saturated heterocycles. The minimum atomic E-state index is -0.969. The Morgan fingerprint density at radius 2 is 1.41 bits per heavy atom. The lowest BCUT2D eigenvalue weighted by Gasteiger charge is -2.28. The molecular weight excluding hydrogens is 222 g/mol. The number of nitrogens with zero attached hydrogens (tertiary/aromatic N) is 1. The van der Waals surface area contributed by atoms with E-state index in [1.54, 1.807) is 0 Å². The van der Waals surface area contributed by atoms with Gasteiger partial charge in [-0.15, -0.1) is 0 Å². The second kappa shape index (κ2) is 7.28. The minimum absolute atomic E-state index is 0.192. The molecule has 102 valence electrons. The maximum Gasteiger partial charge on any atom is 0.0992 e. The molecule has 1 heterocycles. The summed E-state index contributed by atoms with van der Waals surface area (Å²) in [6.45, 7) is 2.45. The average Bonchev–Trinajstić information content (AvgIpc) is 2.57. The largest absolute Gasteiger partial charge is 0.395 e. The second-order valence-electron chi connectivity index (χ2n) is 4.78. The number of likely N-dealkylation sites (tertiary alicyclic amines) is 1. The van der Waals surface area contributed by atoms with Gasteiger partial charge in [-0.3, -0.25) is 4.90 Å². The maximum absolute atomic E-state index is 9.77. The van der Waals surface area contributed by atoms with Crippen LogP contribution in [-0.2, 0) is 0 Å². The fourth-order valence-corrected chi connectivity index (χ4v) is 2.57. The monoisotopic (exact) mass is 247 g/mol. The van der Waals surface area contributed by atoms with Crippen molar-refractivity contribution in [3.8, 4) is 0 Å². The summed E-state index contributed by atoms with van der Waals surface area (Å²) in [7, 11) is 0. The van der Waals surface area contributed by atoms with Gasteiger partial charge in [0.05, 0.1) is 37.5 Å². The third-order valence-corrected chi connectivity index (χ3v) is 3.63. The fraction of sp³-hybridized carbons (Fsp3) is 1.00. The fourth-order valence-electron chi connectivity index (χ4n) is 2.57. The van der Waals surface area contributed by atoms with E-state index < -0.39 is 24.3 Å². The Bertz CT molecular complexity index is 199. The van der Waals surface area contributed by atoms with Gasteiger partial charge in [-0.05, 0) is 13.0 Å². The predicted molar refractivity (Wildman–Crippen MR) is 64.6 cm³/mol. The van der Waals surface area contributed by atoms with E-state index in [0.29, 0.717) is 6.54 Å². The summed E-state index contributed by atoms with van der Waals surface area (Å²) in [5.74, 6) is 0. The molecule has 1 rings (SSSR count). The molecule has 0 spiro atoms. The first-order valence-electron chi connectivity index (χ1n) is 6.51. The van der Waals surface area contributed by atoms with Crippen molar-refractivity contribution in [2.24, 2.45) is 0 Å². The highest BCUT2D eigenvalue weighted by Gasteiger charge is 2.46. The van der Waals surface area contributed by atoms with Crippen molar-refractivity contribution in [2.45, 2.75) is 56.9 Å². The molecule has 0 aromatic heterocycles. The van der Waals surface area contributed by atoms with Crippen molar-refractivity contribution in [1.82, 2.24) is 4.90 Å². The van der Waals surface area contributed by atoms with Crippen LogP contribution in [0.25, 0.3) is 0 Å². The van der Waals surface area contributed by atoms with E-state index >= 15 is 0 Å². The topological polar surface area (TPSA) is 84.2 Å². The van der Waals surface area contributed by atoms with E-state index in [1.165, 1.54) is 0 Å². The normalized spacial score (nSPS) is 34.4. The highest BCUT2D eigenvalue weighted by Crippen LogP contribution is 2.25. The molecule has 1 fully saturated rings. The van der Waals surface area contributed by atoms with E-state index in [2.05, 4.69) is 6.92 Å². The van der Waals surface area contributed by atoms with Crippen LogP contribution in [0.2, 0.25) is 0 Å². The van der Waals surface area contributed by atoms with Crippen LogP contribution >= 0.6 is 0 Å². The molecule has 0 amide bonds. The van der Waals surface area contributed by atoms with Crippen LogP contribution < -0.4 is 0 Å². The third kappa shape index (κ3) is 3.39. The first kappa shape index (κ1) is 14.9. The maximum atomic E-state index is 9.77. The summed E-state index contributed by atoms with van der Waals surface area (Å²) in [6, 6.07) is -0.910. The Morgan fingerprint density at radius 3 is 1.82 bits per heavy atom. The smallest absolute Gasteiger partial charge is 0.0992 e. The first-order chi connectivity index (χ1) is 8.17. The van der Waals surface area contributed by atoms with Crippen LogP contribution in [0, 0.1) is 0 Å². The number of rotatable bonds is 7. The molecule has 17 heavy (non-hydrogen) atoms. The number of aliphatic hydroxyl groups is 4. The molecule has 0 aliphatic carbocycles. The molecule has 5 heteroatoms. The number of hydrogen-bond donors (Lipinski definition) is 4. The van der Waals surface area contributed by atoms with Gasteiger partial charge >= 0.3 is 0 Å². The quantitative estimate of drug-likeness (QED) is 0.448. The van der Waals surface area contributed by atoms with Gasteiger partial charge < -0.3 is 20.4 Å². The van der Waals surface area contributed by atoms with Gasteiger partial charge in [-0.1, -0.05) is 26.2 Å². The zero-order valence-corrected chi connectivity index (χ0v) is 10.5. The van der Waals surface area contributed by atoms with Crippen molar-refractivity contribution in [3.63, 3.8) is 0 Å². The van der Waals surface area contributed by atoms with Crippen LogP contribution in [-0.4, -0.2) is 69.4 Å². The predicted octanol–water partition coefficient (Wildman–Crippen LogP) is -0.674. The summed E-state index contributed by atoms with van der Waals surface area (Å²) in [6.07, 6.45) is 2.42. The molecule has 0 aromatic carbocycles. The third-order valence-electron chi connectivity index (χ3n) is 3.63. The lowest BCUT2D eigenvalue weighted by Crippen LogP contribution is -2.43. The van der Waals surface area contributed by atoms with Gasteiger partial charge in [0.15, 0.2) is 0 Å². The number of unbranched alkanes of at least 4 members (excludes halogenated alkanes) is 3. The van der Waals surface area contributed by atoms with Crippen molar-refractivity contribution in [2.75, 3.05) is 19.8 Å². The molecule has 4 atom stereocenters. The average molecular weight is 247 g/mol. The van der Waals surface area contributed by atoms with Crippen LogP contribution in [0.4, 0.5) is 0 Å². The molecule has 1 aliphatic heterocycles. The second-order valence-corrected chi connectivity index (χ2v) is 4.78. The summed E-state index contributed by atoms with van der Waals surface area (Å²) >= 11 is 0. The summed E-state index contributed by atoms with van der Waals surface area (Å²) in [5.41, 5.74) is 0. The Morgan fingerprint density at radius 1 is 0.882 bits per heavy atom. The van der Waals surface area contributed by atoms with E-state index in [0.717, 1.165) is 25.7 Å². The van der Waals surface area contributed by atoms with Crippen molar-refractivity contribution >= 4 is 0 Å². The van der Waals surface area contributed by atoms with Crippen molar-refractivity contribution < 1.29 is 20.4 Å². The van der Waals surface area contributed by atoms with E-state index in [-0.39, 0.29) is 13.2 Å². The van der Waals surface area contributed by atoms with Gasteiger partial charge in [0.1, 0.15) is 0 Å². The number of hydrogen-bond acceptors (Lipinski definition) is 5. The Balaban J connectivity index is 2.52. The zero-order valence-electron chi connectivity index (χ0n) is 10.5. The van der Waals surface area contributed by atoms with Crippen molar-refractivity contribution in [3.05, 3.63) is 0 Å². The summed E-state index contributed by atoms with van der Waals surface area (Å²) in [4.78, 5) is 1.84. The van der Waals surface area contributed by atoms with Crippen LogP contribution in [0.15, 0.2) is 0 Å². The Hall–Kier alpha value is -0.200. The van der Waals surface area contributed by atoms with E-state index in [1.807, 2.05) is 4.90 Å². The van der Waals surface area contributed by atoms with Crippen LogP contribution in [0.5, 0.6) is 0 Å². The molecule has 5 nitrogen and oxygen atoms in total. The summed E-state index contributed by atoms with van der Waals surface area (Å²) < 4.78 is 0. The minimum Gasteiger partial charge on any atom is -0.395 e. The highest BCUT2D eigenvalue weighted by atomic mass is 16.3. The molecule has 4 N–H and O–H groups in total. The standard InChI is InChI=1S/C12H25NO4/c1-2-3-4-5-6-13-9(7-14)11(16)12(17)10(13)8-15/h9-12,14-17H,2-8H2,1H3/t9-,10-,11+,12+/m1/s1. The van der Waals surface area contributed by atoms with Gasteiger partial charge in [-0.25, -0.2) is 0 Å². The van der Waals surface area contributed by atoms with Crippen LogP contribution in [0.3, 0.4) is 0 Å². The lowest BCUT2D eigenvalue weighted by atomic mass is 10.1. The van der Waals surface area contributed by atoms with Crippen LogP contribution in [0.1, 0.15) is 32.6 Å². The Kier molecular flexibility index (Phi) is 6.37. The van der Waals surface area contributed by atoms with Gasteiger partial charge in [0.25, 0.3) is 0 Å². The van der Waals surface area contributed by atoms with Gasteiger partial charge in [0.2, 0.25) is 0 Å². The molecular formula is C12H25NO4. The van der Waals surface area contributed by atoms with Gasteiger partial charge in [0, 0.05) is 0 Å². The Labute approximate surface area is 103 Å². The highest BCUT2D eigenvalue weighted by molar-refractivity contribution is 5.00. The molecule has 0 saturated carbocycles. The van der Waals surface area contributed by atoms with Crippen molar-refractivity contribution in [1.29, 1.82) is 0 Å². The number of aliphatic hydroxyl groups excluding tert-OH is 4. The molecule has 1 aliphatic rings. The van der Waals surface area contributed by atoms with E-state index in [4.69, 9.17) is 0 Å². The van der Waals surface area contributed by atoms with Gasteiger partial charge in [-0.2, -0.15) is 0 Å². The molecule has 0 radical (unpaired) electrons. The lowest BCUT2D eigenvalue weighted by molar-refractivity contribution is 0.0130.